The molecule has 0 saturated heterocycles. The van der Waals surface area contributed by atoms with Gasteiger partial charge in [0, 0.05) is 12.1 Å². The van der Waals surface area contributed by atoms with Crippen LogP contribution in [0.1, 0.15) is 0 Å². The first-order valence-electron chi connectivity index (χ1n) is 3.31. The van der Waals surface area contributed by atoms with Crippen molar-refractivity contribution in [2.24, 2.45) is 0 Å². The summed E-state index contributed by atoms with van der Waals surface area (Å²) in [5, 5.41) is 10.2. The van der Waals surface area contributed by atoms with Gasteiger partial charge >= 0.3 is 10.2 Å². The van der Waals surface area contributed by atoms with Gasteiger partial charge in [0.15, 0.2) is 0 Å². The topological polar surface area (TPSA) is 103 Å². The van der Waals surface area contributed by atoms with Gasteiger partial charge in [0.2, 0.25) is 0 Å². The molecular weight excluding hydrogens is 215 g/mol. The summed E-state index contributed by atoms with van der Waals surface area (Å²) < 4.78 is 33.4. The molecule has 14 heavy (non-hydrogen) atoms. The quantitative estimate of drug-likeness (QED) is 0.344. The number of nitrogens with two attached hydrogens (primary N) is 1. The molecule has 0 amide bonds. The third-order valence-electron chi connectivity index (χ3n) is 1.47. The fourth-order valence-corrected chi connectivity index (χ4v) is 1.46. The Morgan fingerprint density at radius 1 is 1.43 bits per heavy atom. The molecule has 0 aliphatic rings. The van der Waals surface area contributed by atoms with E-state index in [1.165, 1.54) is 0 Å². The number of nitrogens with zero attached hydrogens (tertiary/aromatic N) is 1. The monoisotopic (exact) mass is 220 g/mol. The van der Waals surface area contributed by atoms with E-state index in [4.69, 9.17) is 5.73 Å². The Bertz CT molecular complexity index is 485. The predicted octanol–water partition coefficient (Wildman–Crippen LogP) is 0.835. The minimum atomic E-state index is -5.02. The van der Waals surface area contributed by atoms with Gasteiger partial charge in [-0.1, -0.05) is 0 Å². The number of nitro benzene ring substituents is 1. The number of hydrogen-bond acceptors (Lipinski definition) is 5. The van der Waals surface area contributed by atoms with Crippen molar-refractivity contribution in [2.45, 2.75) is 4.90 Å². The highest BCUT2D eigenvalue weighted by Crippen LogP contribution is 2.25. The highest BCUT2D eigenvalue weighted by Gasteiger charge is 2.19. The van der Waals surface area contributed by atoms with Gasteiger partial charge in [-0.15, -0.1) is 3.89 Å². The molecule has 2 N–H and O–H groups in total. The molecular formula is C6H5FN2O4S. The molecule has 0 aromatic heterocycles. The van der Waals surface area contributed by atoms with Crippen LogP contribution in [0.5, 0.6) is 0 Å². The summed E-state index contributed by atoms with van der Waals surface area (Å²) in [4.78, 5) is 8.52. The zero-order valence-electron chi connectivity index (χ0n) is 6.68. The average Bonchev–Trinajstić information content (AvgIpc) is 2.02. The second-order valence-electron chi connectivity index (χ2n) is 2.42. The molecule has 1 aromatic rings. The molecule has 0 atom stereocenters. The second kappa shape index (κ2) is 3.22. The molecule has 1 aromatic carbocycles. The van der Waals surface area contributed by atoms with Crippen molar-refractivity contribution in [1.29, 1.82) is 0 Å². The number of benzene rings is 1. The van der Waals surface area contributed by atoms with Gasteiger partial charge in [0.1, 0.15) is 4.90 Å². The molecule has 0 aliphatic heterocycles. The Labute approximate surface area is 78.5 Å². The lowest BCUT2D eigenvalue weighted by molar-refractivity contribution is -0.385. The lowest BCUT2D eigenvalue weighted by Crippen LogP contribution is -2.00. The maximum absolute atomic E-state index is 12.5. The smallest absolute Gasteiger partial charge is 0.334 e. The van der Waals surface area contributed by atoms with Gasteiger partial charge < -0.3 is 5.73 Å². The largest absolute Gasteiger partial charge is 0.398 e. The molecule has 0 bridgehead atoms. The Kier molecular flexibility index (Phi) is 2.39. The van der Waals surface area contributed by atoms with Crippen LogP contribution in [0.15, 0.2) is 23.1 Å². The maximum Gasteiger partial charge on any atom is 0.334 e. The van der Waals surface area contributed by atoms with Crippen molar-refractivity contribution in [2.75, 3.05) is 5.73 Å². The van der Waals surface area contributed by atoms with E-state index >= 15 is 0 Å². The highest BCUT2D eigenvalue weighted by molar-refractivity contribution is 7.86. The Morgan fingerprint density at radius 2 is 2.00 bits per heavy atom. The molecule has 0 radical (unpaired) electrons. The van der Waals surface area contributed by atoms with Crippen LogP contribution < -0.4 is 5.73 Å². The normalized spacial score (nSPS) is 11.2. The fourth-order valence-electron chi connectivity index (χ4n) is 0.848. The fraction of sp³-hybridized carbons (Fsp3) is 0. The van der Waals surface area contributed by atoms with Gasteiger partial charge in [0.25, 0.3) is 5.69 Å². The molecule has 0 unspecified atom stereocenters. The van der Waals surface area contributed by atoms with Crippen LogP contribution >= 0.6 is 0 Å². The van der Waals surface area contributed by atoms with Gasteiger partial charge in [-0.2, -0.15) is 8.42 Å². The van der Waals surface area contributed by atoms with Gasteiger partial charge in [0.05, 0.1) is 10.6 Å². The van der Waals surface area contributed by atoms with E-state index in [1.54, 1.807) is 0 Å². The third-order valence-corrected chi connectivity index (χ3v) is 2.35. The minimum Gasteiger partial charge on any atom is -0.398 e. The van der Waals surface area contributed by atoms with Crippen molar-refractivity contribution in [3.8, 4) is 0 Å². The molecule has 6 nitrogen and oxygen atoms in total. The van der Waals surface area contributed by atoms with Crippen LogP contribution in [0.25, 0.3) is 0 Å². The zero-order valence-corrected chi connectivity index (χ0v) is 7.49. The standard InChI is InChI=1S/C6H5FN2O4S/c7-14(12,13)6-3-4(9(10)11)1-2-5(6)8/h1-3H,8H2. The number of halogens is 1. The summed E-state index contributed by atoms with van der Waals surface area (Å²) in [6.07, 6.45) is 0. The predicted molar refractivity (Wildman–Crippen MR) is 45.8 cm³/mol. The Morgan fingerprint density at radius 3 is 2.43 bits per heavy atom. The molecule has 0 saturated carbocycles. The summed E-state index contributed by atoms with van der Waals surface area (Å²) in [5.74, 6) is 0. The molecule has 0 aliphatic carbocycles. The van der Waals surface area contributed by atoms with E-state index in [0.717, 1.165) is 12.1 Å². The Hall–Kier alpha value is -1.70. The zero-order chi connectivity index (χ0) is 10.9. The first-order valence-corrected chi connectivity index (χ1v) is 4.69. The van der Waals surface area contributed by atoms with Crippen LogP contribution in [0.3, 0.4) is 0 Å². The summed E-state index contributed by atoms with van der Waals surface area (Å²) in [6, 6.07) is 2.53. The van der Waals surface area contributed by atoms with Crippen molar-refractivity contribution in [1.82, 2.24) is 0 Å². The number of anilines is 1. The number of nitrogen functional groups attached to an aromatic ring is 1. The molecule has 0 spiro atoms. The number of rotatable bonds is 2. The maximum atomic E-state index is 12.5. The molecule has 76 valence electrons. The van der Waals surface area contributed by atoms with Crippen LogP contribution in [0.4, 0.5) is 15.3 Å². The number of nitro groups is 1. The van der Waals surface area contributed by atoms with E-state index in [1.807, 2.05) is 0 Å². The lowest BCUT2D eigenvalue weighted by Gasteiger charge is -1.99. The first-order chi connectivity index (χ1) is 6.32. The van der Waals surface area contributed by atoms with E-state index < -0.39 is 25.7 Å². The SMILES string of the molecule is Nc1ccc([N+](=O)[O-])cc1S(=O)(=O)F. The first kappa shape index (κ1) is 10.4. The third kappa shape index (κ3) is 1.96. The lowest BCUT2D eigenvalue weighted by atomic mass is 10.3. The second-order valence-corrected chi connectivity index (χ2v) is 3.73. The average molecular weight is 220 g/mol. The van der Waals surface area contributed by atoms with Crippen molar-refractivity contribution >= 4 is 21.6 Å². The van der Waals surface area contributed by atoms with E-state index in [-0.39, 0.29) is 5.69 Å². The van der Waals surface area contributed by atoms with Gasteiger partial charge in [-0.25, -0.2) is 0 Å². The van der Waals surface area contributed by atoms with Crippen LogP contribution in [-0.2, 0) is 10.2 Å². The summed E-state index contributed by atoms with van der Waals surface area (Å²) in [5.41, 5.74) is 4.24. The van der Waals surface area contributed by atoms with Crippen LogP contribution in [-0.4, -0.2) is 13.3 Å². The highest BCUT2D eigenvalue weighted by atomic mass is 32.3. The number of non-ortho nitro benzene ring substituents is 1. The van der Waals surface area contributed by atoms with E-state index in [0.29, 0.717) is 6.07 Å². The molecule has 8 heteroatoms. The van der Waals surface area contributed by atoms with Crippen molar-refractivity contribution in [3.05, 3.63) is 28.3 Å². The van der Waals surface area contributed by atoms with Crippen LogP contribution in [0.2, 0.25) is 0 Å². The summed E-state index contributed by atoms with van der Waals surface area (Å²) >= 11 is 0. The van der Waals surface area contributed by atoms with E-state index in [9.17, 15) is 22.4 Å². The van der Waals surface area contributed by atoms with Crippen molar-refractivity contribution < 1.29 is 17.2 Å². The molecule has 0 fully saturated rings. The van der Waals surface area contributed by atoms with Crippen molar-refractivity contribution in [3.63, 3.8) is 0 Å². The van der Waals surface area contributed by atoms with Gasteiger partial charge in [-0.05, 0) is 6.07 Å². The van der Waals surface area contributed by atoms with Crippen LogP contribution in [0, 0.1) is 10.1 Å². The summed E-state index contributed by atoms with van der Waals surface area (Å²) in [7, 11) is -5.02. The Balaban J connectivity index is 3.44. The molecule has 0 heterocycles. The minimum absolute atomic E-state index is 0.363. The summed E-state index contributed by atoms with van der Waals surface area (Å²) in [6.45, 7) is 0. The number of hydrogen-bond donors (Lipinski definition) is 1. The van der Waals surface area contributed by atoms with E-state index in [2.05, 4.69) is 0 Å². The molecule has 1 rings (SSSR count). The van der Waals surface area contributed by atoms with Gasteiger partial charge in [-0.3, -0.25) is 10.1 Å².